The maximum Gasteiger partial charge on any atom is 0.140 e. The van der Waals surface area contributed by atoms with Gasteiger partial charge < -0.3 is 4.74 Å². The van der Waals surface area contributed by atoms with Gasteiger partial charge >= 0.3 is 0 Å². The highest BCUT2D eigenvalue weighted by molar-refractivity contribution is 5.49. The lowest BCUT2D eigenvalue weighted by atomic mass is 10.0. The van der Waals surface area contributed by atoms with Crippen molar-refractivity contribution in [3.8, 4) is 101 Å². The van der Waals surface area contributed by atoms with Crippen LogP contribution in [0.2, 0.25) is 0 Å². The molecule has 0 aliphatic heterocycles. The van der Waals surface area contributed by atoms with Gasteiger partial charge in [0.25, 0.3) is 0 Å². The number of terminal acetylenes is 1. The largest absolute Gasteiger partial charge is 0.407 e. The Morgan fingerprint density at radius 3 is 1.34 bits per heavy atom. The normalized spacial score (nSPS) is 9.02. The molecule has 0 aliphatic carbocycles. The van der Waals surface area contributed by atoms with Crippen molar-refractivity contribution in [1.82, 2.24) is 0 Å². The van der Waals surface area contributed by atoms with Crippen LogP contribution in [0.3, 0.4) is 0 Å². The average molecular weight is 629 g/mol. The SMILES string of the molecule is C#CC#CC#CC#CC#CC#CC#CC#COc1ccc(N=Nc2ccc(N=Nc3ccc(CCCCCCCC)cc3)cc2)cc1.[HH].[HH].[HH].[HH].[HH].[HH].[HH].[HH].[HH].[HH].[HH]. The van der Waals surface area contributed by atoms with Gasteiger partial charge in [-0.25, -0.2) is 0 Å². The minimum atomic E-state index is 0. The molecule has 5 nitrogen and oxygen atoms in total. The summed E-state index contributed by atoms with van der Waals surface area (Å²) in [7, 11) is 0. The van der Waals surface area contributed by atoms with Crippen molar-refractivity contribution in [2.24, 2.45) is 20.5 Å². The second kappa shape index (κ2) is 22.6. The van der Waals surface area contributed by atoms with Gasteiger partial charge in [0.05, 0.1) is 22.7 Å². The predicted octanol–water partition coefficient (Wildman–Crippen LogP) is 12.1. The summed E-state index contributed by atoms with van der Waals surface area (Å²) in [6.45, 7) is 2.25. The van der Waals surface area contributed by atoms with Crippen LogP contribution in [0.5, 0.6) is 5.75 Å². The molecule has 0 spiro atoms. The molecule has 0 N–H and O–H groups in total. The Hall–Kier alpha value is -6.86. The van der Waals surface area contributed by atoms with Crippen molar-refractivity contribution in [3.05, 3.63) is 78.4 Å². The highest BCUT2D eigenvalue weighted by Gasteiger charge is 1.98. The van der Waals surface area contributed by atoms with Gasteiger partial charge in [0.15, 0.2) is 0 Å². The monoisotopic (exact) mass is 628 g/mol. The molecule has 0 radical (unpaired) electrons. The molecular weight excluding hydrogens is 576 g/mol. The Kier molecular flexibility index (Phi) is 16.7. The van der Waals surface area contributed by atoms with Gasteiger partial charge in [0.2, 0.25) is 0 Å². The molecule has 0 amide bonds. The van der Waals surface area contributed by atoms with Crippen LogP contribution in [-0.4, -0.2) is 0 Å². The van der Waals surface area contributed by atoms with E-state index in [4.69, 9.17) is 11.2 Å². The first-order chi connectivity index (χ1) is 23.3. The highest BCUT2D eigenvalue weighted by atomic mass is 16.5. The van der Waals surface area contributed by atoms with Gasteiger partial charge in [-0.2, -0.15) is 20.5 Å². The van der Waals surface area contributed by atoms with Crippen LogP contribution in [0, 0.1) is 95.4 Å². The number of aryl methyl sites for hydroxylation is 1. The molecule has 3 aromatic carbocycles. The fourth-order valence-corrected chi connectivity index (χ4v) is 3.73. The Morgan fingerprint density at radius 2 is 0.872 bits per heavy atom. The quantitative estimate of drug-likeness (QED) is 0.112. The van der Waals surface area contributed by atoms with Crippen LogP contribution in [-0.2, 0) is 6.42 Å². The maximum atomic E-state index is 5.35. The van der Waals surface area contributed by atoms with Crippen molar-refractivity contribution in [1.29, 1.82) is 0 Å². The van der Waals surface area contributed by atoms with E-state index in [0.29, 0.717) is 17.1 Å². The Labute approximate surface area is 295 Å². The zero-order valence-corrected chi connectivity index (χ0v) is 26.2. The number of nitrogens with zero attached hydrogens (tertiary/aromatic N) is 4. The molecule has 3 rings (SSSR count). The molecule has 47 heavy (non-hydrogen) atoms. The minimum absolute atomic E-state index is 0. The summed E-state index contributed by atoms with van der Waals surface area (Å²) in [5.41, 5.74) is 4.28. The summed E-state index contributed by atoms with van der Waals surface area (Å²) >= 11 is 0. The van der Waals surface area contributed by atoms with Crippen LogP contribution in [0.15, 0.2) is 93.3 Å². The lowest BCUT2D eigenvalue weighted by Gasteiger charge is -2.02. The van der Waals surface area contributed by atoms with Crippen LogP contribution < -0.4 is 4.74 Å². The molecular formula is C42H52N4O. The second-order valence-corrected chi connectivity index (χ2v) is 9.57. The lowest BCUT2D eigenvalue weighted by Crippen LogP contribution is -1.85. The van der Waals surface area contributed by atoms with E-state index in [1.807, 2.05) is 36.4 Å². The van der Waals surface area contributed by atoms with Gasteiger partial charge in [-0.3, -0.25) is 0 Å². The summed E-state index contributed by atoms with van der Waals surface area (Å²) in [4.78, 5) is 0. The fraction of sp³-hybridized carbons (Fsp3) is 0.190. The third kappa shape index (κ3) is 16.0. The highest BCUT2D eigenvalue weighted by Crippen LogP contribution is 2.25. The molecule has 3 aromatic rings. The molecule has 5 heteroatoms. The third-order valence-corrected chi connectivity index (χ3v) is 6.05. The van der Waals surface area contributed by atoms with E-state index < -0.39 is 0 Å². The lowest BCUT2D eigenvalue weighted by molar-refractivity contribution is 0.520. The van der Waals surface area contributed by atoms with Gasteiger partial charge in [0.1, 0.15) is 11.9 Å². The Bertz CT molecular complexity index is 2060. The summed E-state index contributed by atoms with van der Waals surface area (Å²) in [5, 5.41) is 17.3. The van der Waals surface area contributed by atoms with Crippen molar-refractivity contribution < 1.29 is 20.4 Å². The summed E-state index contributed by atoms with van der Waals surface area (Å²) in [6, 6.07) is 22.7. The van der Waals surface area contributed by atoms with Gasteiger partial charge in [-0.1, -0.05) is 51.2 Å². The molecule has 0 aromatic heterocycles. The fourth-order valence-electron chi connectivity index (χ4n) is 3.73. The molecule has 0 aliphatic rings. The molecule has 0 unspecified atom stereocenters. The van der Waals surface area contributed by atoms with E-state index in [9.17, 15) is 0 Å². The summed E-state index contributed by atoms with van der Waals surface area (Å²) in [5.74, 6) is 35.2. The molecule has 0 saturated carbocycles. The van der Waals surface area contributed by atoms with Crippen LogP contribution in [0.1, 0.15) is 66.7 Å². The first-order valence-corrected chi connectivity index (χ1v) is 15.0. The zero-order chi connectivity index (χ0) is 33.0. The van der Waals surface area contributed by atoms with Crippen LogP contribution in [0.25, 0.3) is 0 Å². The van der Waals surface area contributed by atoms with E-state index in [0.717, 1.165) is 17.8 Å². The number of azo groups is 2. The minimum Gasteiger partial charge on any atom is -0.407 e. The Balaban J connectivity index is -0.000000312. The average Bonchev–Trinajstić information content (AvgIpc) is 3.11. The van der Waals surface area contributed by atoms with Crippen molar-refractivity contribution in [2.45, 2.75) is 51.9 Å². The number of hydrogen-bond donors (Lipinski definition) is 0. The molecule has 0 saturated heterocycles. The number of unbranched alkanes of at least 4 members (excludes halogenated alkanes) is 5. The summed E-state index contributed by atoms with van der Waals surface area (Å²) < 4.78 is 5.35. The zero-order valence-electron chi connectivity index (χ0n) is 26.2. The van der Waals surface area contributed by atoms with Gasteiger partial charge in [-0.05, 0) is 121 Å². The topological polar surface area (TPSA) is 58.7 Å². The molecule has 246 valence electrons. The van der Waals surface area contributed by atoms with Crippen molar-refractivity contribution >= 4 is 22.7 Å². The van der Waals surface area contributed by atoms with E-state index in [1.54, 1.807) is 24.3 Å². The predicted molar refractivity (Wildman–Crippen MR) is 212 cm³/mol. The first-order valence-electron chi connectivity index (χ1n) is 15.0. The van der Waals surface area contributed by atoms with E-state index in [-0.39, 0.29) is 15.7 Å². The summed E-state index contributed by atoms with van der Waals surface area (Å²) in [6.07, 6.45) is 16.4. The third-order valence-electron chi connectivity index (χ3n) is 6.05. The number of rotatable bonds is 12. The molecule has 0 atom stereocenters. The number of benzene rings is 3. The van der Waals surface area contributed by atoms with E-state index >= 15 is 0 Å². The maximum absolute atomic E-state index is 5.35. The number of hydrogen-bond acceptors (Lipinski definition) is 5. The first kappa shape index (κ1) is 34.6. The van der Waals surface area contributed by atoms with Crippen LogP contribution in [0.4, 0.5) is 22.7 Å². The molecule has 0 bridgehead atoms. The van der Waals surface area contributed by atoms with Crippen LogP contribution >= 0.6 is 0 Å². The van der Waals surface area contributed by atoms with Gasteiger partial charge in [-0.15, -0.1) is 6.42 Å². The second-order valence-electron chi connectivity index (χ2n) is 9.57. The van der Waals surface area contributed by atoms with Crippen molar-refractivity contribution in [2.75, 3.05) is 0 Å². The van der Waals surface area contributed by atoms with Gasteiger partial charge in [0, 0.05) is 57.1 Å². The molecule has 0 fully saturated rings. The standard InChI is InChI=1S/C42H30N4O.11H2/c1-3-5-7-9-11-12-13-14-15-16-17-18-20-22-36-47-42-34-32-41(33-35-42)46-45-40-30-28-39(29-31-40)44-43-38-26-24-37(25-27-38)23-21-19-10-8-6-4-2;;;;;;;;;;;/h1,24-35H,4,6,8,10,19,21,23H2,2H3;11*1H. The Morgan fingerprint density at radius 1 is 0.489 bits per heavy atom. The smallest absolute Gasteiger partial charge is 0.140 e. The number of ether oxygens (including phenoxy) is 1. The van der Waals surface area contributed by atoms with E-state index in [1.165, 1.54) is 44.1 Å². The molecule has 0 heterocycles. The van der Waals surface area contributed by atoms with Crippen molar-refractivity contribution in [3.63, 3.8) is 0 Å². The van der Waals surface area contributed by atoms with E-state index in [2.05, 4.69) is 129 Å².